The Kier molecular flexibility index (Phi) is 4.15. The summed E-state index contributed by atoms with van der Waals surface area (Å²) in [6.45, 7) is 2.47. The van der Waals surface area contributed by atoms with Crippen LogP contribution in [0, 0.1) is 0 Å². The van der Waals surface area contributed by atoms with E-state index in [9.17, 15) is 9.90 Å². The second kappa shape index (κ2) is 5.71. The molecule has 1 aromatic heterocycles. The smallest absolute Gasteiger partial charge is 0.335 e. The predicted octanol–water partition coefficient (Wildman–Crippen LogP) is 1.25. The van der Waals surface area contributed by atoms with Gasteiger partial charge in [-0.15, -0.1) is 0 Å². The number of rotatable bonds is 6. The zero-order chi connectivity index (χ0) is 15.6. The second-order valence-electron chi connectivity index (χ2n) is 5.59. The van der Waals surface area contributed by atoms with Crippen molar-refractivity contribution in [1.82, 2.24) is 9.88 Å². The molecule has 0 spiro atoms. The molecule has 7 heteroatoms. The van der Waals surface area contributed by atoms with E-state index in [1.54, 1.807) is 13.0 Å². The second-order valence-corrected chi connectivity index (χ2v) is 5.59. The zero-order valence-electron chi connectivity index (χ0n) is 12.3. The fourth-order valence-corrected chi connectivity index (χ4v) is 2.14. The largest absolute Gasteiger partial charge is 0.478 e. The number of likely N-dealkylation sites (N-methyl/N-ethyl adjacent to an activating group) is 1. The number of carboxylic acid groups (broad SMARTS) is 1. The van der Waals surface area contributed by atoms with Gasteiger partial charge in [0.1, 0.15) is 5.52 Å². The minimum absolute atomic E-state index is 0.143. The van der Waals surface area contributed by atoms with Gasteiger partial charge in [0.2, 0.25) is 0 Å². The molecule has 1 heterocycles. The minimum Gasteiger partial charge on any atom is -0.478 e. The Morgan fingerprint density at radius 1 is 1.48 bits per heavy atom. The van der Waals surface area contributed by atoms with Crippen LogP contribution in [0.1, 0.15) is 17.3 Å². The molecule has 0 saturated heterocycles. The first kappa shape index (κ1) is 15.3. The predicted molar refractivity (Wildman–Crippen MR) is 78.6 cm³/mol. The molecule has 1 atom stereocenters. The van der Waals surface area contributed by atoms with E-state index in [0.717, 1.165) is 0 Å². The molecule has 0 aliphatic rings. The lowest BCUT2D eigenvalue weighted by Gasteiger charge is -2.26. The molecule has 3 N–H and O–H groups in total. The van der Waals surface area contributed by atoms with Gasteiger partial charge in [0.25, 0.3) is 6.01 Å². The molecule has 0 fully saturated rings. The molecule has 1 aromatic carbocycles. The fourth-order valence-electron chi connectivity index (χ4n) is 2.14. The van der Waals surface area contributed by atoms with E-state index >= 15 is 0 Å². The number of aromatic carboxylic acids is 1. The van der Waals surface area contributed by atoms with Crippen LogP contribution in [-0.4, -0.2) is 58.9 Å². The maximum absolute atomic E-state index is 10.9. The minimum atomic E-state index is -1.02. The molecule has 0 bridgehead atoms. The van der Waals surface area contributed by atoms with Crippen LogP contribution in [0.3, 0.4) is 0 Å². The van der Waals surface area contributed by atoms with Crippen molar-refractivity contribution in [2.45, 2.75) is 12.5 Å². The number of hydrogen-bond acceptors (Lipinski definition) is 6. The van der Waals surface area contributed by atoms with E-state index in [-0.39, 0.29) is 18.1 Å². The first-order chi connectivity index (χ1) is 9.77. The summed E-state index contributed by atoms with van der Waals surface area (Å²) in [6, 6.07) is 4.74. The summed E-state index contributed by atoms with van der Waals surface area (Å²) in [7, 11) is 3.75. The highest BCUT2D eigenvalue weighted by Gasteiger charge is 2.22. The van der Waals surface area contributed by atoms with Gasteiger partial charge in [-0.2, -0.15) is 4.98 Å². The number of nitrogens with one attached hydrogen (secondary N) is 1. The lowest BCUT2D eigenvalue weighted by atomic mass is 10.1. The third-order valence-corrected chi connectivity index (χ3v) is 2.91. The van der Waals surface area contributed by atoms with Gasteiger partial charge in [-0.3, -0.25) is 0 Å². The number of oxazole rings is 1. The number of nitrogens with zero attached hydrogens (tertiary/aromatic N) is 2. The van der Waals surface area contributed by atoms with Crippen LogP contribution in [0.25, 0.3) is 11.1 Å². The average molecular weight is 293 g/mol. The molecule has 0 amide bonds. The quantitative estimate of drug-likeness (QED) is 0.737. The van der Waals surface area contributed by atoms with Crippen molar-refractivity contribution < 1.29 is 19.4 Å². The van der Waals surface area contributed by atoms with Gasteiger partial charge in [0, 0.05) is 13.1 Å². The van der Waals surface area contributed by atoms with Crippen molar-refractivity contribution in [3.8, 4) is 0 Å². The molecule has 0 saturated carbocycles. The number of carboxylic acids is 1. The Bertz CT molecular complexity index is 649. The van der Waals surface area contributed by atoms with Gasteiger partial charge in [-0.1, -0.05) is 0 Å². The Morgan fingerprint density at radius 3 is 2.81 bits per heavy atom. The SMILES string of the molecule is CN(C)CC(C)(O)CNc1nc2ccc(C(=O)O)cc2o1. The van der Waals surface area contributed by atoms with E-state index in [2.05, 4.69) is 10.3 Å². The van der Waals surface area contributed by atoms with Crippen molar-refractivity contribution >= 4 is 23.1 Å². The summed E-state index contributed by atoms with van der Waals surface area (Å²) in [6.07, 6.45) is 0. The number of carbonyl (C=O) groups is 1. The normalized spacial score (nSPS) is 14.3. The molecule has 0 radical (unpaired) electrons. The third-order valence-electron chi connectivity index (χ3n) is 2.91. The summed E-state index contributed by atoms with van der Waals surface area (Å²) in [4.78, 5) is 17.0. The van der Waals surface area contributed by atoms with Gasteiger partial charge in [0.05, 0.1) is 11.2 Å². The van der Waals surface area contributed by atoms with Crippen molar-refractivity contribution in [3.05, 3.63) is 23.8 Å². The van der Waals surface area contributed by atoms with Gasteiger partial charge in [-0.25, -0.2) is 4.79 Å². The topological polar surface area (TPSA) is 98.8 Å². The van der Waals surface area contributed by atoms with Gasteiger partial charge >= 0.3 is 5.97 Å². The van der Waals surface area contributed by atoms with Crippen molar-refractivity contribution in [2.24, 2.45) is 0 Å². The summed E-state index contributed by atoms with van der Waals surface area (Å²) in [5.41, 5.74) is 0.167. The molecule has 7 nitrogen and oxygen atoms in total. The van der Waals surface area contributed by atoms with Gasteiger partial charge in [0.15, 0.2) is 5.58 Å². The number of fused-ring (bicyclic) bond motifs is 1. The van der Waals surface area contributed by atoms with Gasteiger partial charge in [-0.05, 0) is 39.2 Å². The van der Waals surface area contributed by atoms with Crippen LogP contribution < -0.4 is 5.32 Å². The van der Waals surface area contributed by atoms with Crippen LogP contribution in [0.15, 0.2) is 22.6 Å². The van der Waals surface area contributed by atoms with Crippen LogP contribution in [0.5, 0.6) is 0 Å². The number of hydrogen-bond donors (Lipinski definition) is 3. The maximum Gasteiger partial charge on any atom is 0.335 e. The van der Waals surface area contributed by atoms with E-state index in [1.165, 1.54) is 12.1 Å². The Labute approximate surface area is 122 Å². The van der Waals surface area contributed by atoms with E-state index in [4.69, 9.17) is 9.52 Å². The molecule has 0 aliphatic carbocycles. The fraction of sp³-hybridized carbons (Fsp3) is 0.429. The summed E-state index contributed by atoms with van der Waals surface area (Å²) < 4.78 is 5.45. The van der Waals surface area contributed by atoms with Gasteiger partial charge < -0.3 is 24.8 Å². The monoisotopic (exact) mass is 293 g/mol. The highest BCUT2D eigenvalue weighted by atomic mass is 16.4. The molecule has 114 valence electrons. The van der Waals surface area contributed by atoms with Crippen LogP contribution >= 0.6 is 0 Å². The summed E-state index contributed by atoms with van der Waals surface area (Å²) in [5.74, 6) is -1.02. The molecule has 0 aliphatic heterocycles. The highest BCUT2D eigenvalue weighted by Crippen LogP contribution is 2.21. The Morgan fingerprint density at radius 2 is 2.19 bits per heavy atom. The van der Waals surface area contributed by atoms with Crippen LogP contribution in [0.2, 0.25) is 0 Å². The van der Waals surface area contributed by atoms with Crippen molar-refractivity contribution in [3.63, 3.8) is 0 Å². The Hall–Kier alpha value is -2.12. The highest BCUT2D eigenvalue weighted by molar-refractivity contribution is 5.92. The van der Waals surface area contributed by atoms with Crippen LogP contribution in [0.4, 0.5) is 6.01 Å². The number of aromatic nitrogens is 1. The average Bonchev–Trinajstić information content (AvgIpc) is 2.76. The lowest BCUT2D eigenvalue weighted by molar-refractivity contribution is 0.0455. The molecule has 21 heavy (non-hydrogen) atoms. The standard InChI is InChI=1S/C14H19N3O4/c1-14(20,8-17(2)3)7-15-13-16-10-5-4-9(12(18)19)6-11(10)21-13/h4-6,20H,7-8H2,1-3H3,(H,15,16)(H,18,19). The number of aliphatic hydroxyl groups is 1. The summed E-state index contributed by atoms with van der Waals surface area (Å²) >= 11 is 0. The third kappa shape index (κ3) is 3.93. The molecular formula is C14H19N3O4. The molecule has 2 rings (SSSR count). The summed E-state index contributed by atoms with van der Waals surface area (Å²) in [5, 5.41) is 22.0. The van der Waals surface area contributed by atoms with E-state index in [0.29, 0.717) is 17.6 Å². The van der Waals surface area contributed by atoms with E-state index < -0.39 is 11.6 Å². The lowest BCUT2D eigenvalue weighted by Crippen LogP contribution is -2.43. The molecular weight excluding hydrogens is 274 g/mol. The Balaban J connectivity index is 2.11. The van der Waals surface area contributed by atoms with Crippen molar-refractivity contribution in [1.29, 1.82) is 0 Å². The van der Waals surface area contributed by atoms with Crippen molar-refractivity contribution in [2.75, 3.05) is 32.5 Å². The molecule has 2 aromatic rings. The number of benzene rings is 1. The van der Waals surface area contributed by atoms with E-state index in [1.807, 2.05) is 19.0 Å². The number of anilines is 1. The first-order valence-electron chi connectivity index (χ1n) is 6.52. The maximum atomic E-state index is 10.9. The van der Waals surface area contributed by atoms with Crippen LogP contribution in [-0.2, 0) is 0 Å². The zero-order valence-corrected chi connectivity index (χ0v) is 12.3. The first-order valence-corrected chi connectivity index (χ1v) is 6.52. The molecule has 1 unspecified atom stereocenters.